The number of esters is 1. The third-order valence-corrected chi connectivity index (χ3v) is 4.72. The Kier molecular flexibility index (Phi) is 4.36. The van der Waals surface area contributed by atoms with E-state index in [-0.39, 0.29) is 11.6 Å². The van der Waals surface area contributed by atoms with Crippen LogP contribution in [0.15, 0.2) is 30.3 Å². The zero-order valence-electron chi connectivity index (χ0n) is 14.3. The highest BCUT2D eigenvalue weighted by atomic mass is 16.6. The molecule has 1 unspecified atom stereocenters. The van der Waals surface area contributed by atoms with Gasteiger partial charge in [-0.15, -0.1) is 0 Å². The molecular weight excluding hydrogens is 354 g/mol. The van der Waals surface area contributed by atoms with E-state index in [0.717, 1.165) is 11.3 Å². The molecule has 140 valence electrons. The standard InChI is InChI=1S/C18H17N3O6/c22-17-16(4-6-20(17)12-2-1-3-13(9-12)21(24)25)27-18(23)15-8-11-10-26-7-5-14(11)19-15/h1-3,8-9,16,19H,4-7,10H2. The van der Waals surface area contributed by atoms with Gasteiger partial charge < -0.3 is 19.4 Å². The molecule has 2 aliphatic heterocycles. The van der Waals surface area contributed by atoms with Crippen molar-refractivity contribution in [1.82, 2.24) is 4.98 Å². The Morgan fingerprint density at radius 3 is 3.00 bits per heavy atom. The van der Waals surface area contributed by atoms with Gasteiger partial charge in [0.1, 0.15) is 5.69 Å². The van der Waals surface area contributed by atoms with Gasteiger partial charge in [-0.05, 0) is 17.7 Å². The molecule has 0 radical (unpaired) electrons. The van der Waals surface area contributed by atoms with Crippen molar-refractivity contribution < 1.29 is 24.0 Å². The van der Waals surface area contributed by atoms with E-state index >= 15 is 0 Å². The normalized spacial score (nSPS) is 19.0. The van der Waals surface area contributed by atoms with Crippen molar-refractivity contribution in [2.45, 2.75) is 25.6 Å². The van der Waals surface area contributed by atoms with Gasteiger partial charge in [0.2, 0.25) is 0 Å². The molecule has 1 N–H and O–H groups in total. The van der Waals surface area contributed by atoms with Gasteiger partial charge in [0.25, 0.3) is 11.6 Å². The molecular formula is C18H17N3O6. The van der Waals surface area contributed by atoms with Crippen LogP contribution in [0.2, 0.25) is 0 Å². The summed E-state index contributed by atoms with van der Waals surface area (Å²) in [5.41, 5.74) is 2.49. The lowest BCUT2D eigenvalue weighted by atomic mass is 10.2. The topological polar surface area (TPSA) is 115 Å². The number of carbonyl (C=O) groups is 2. The van der Waals surface area contributed by atoms with Crippen LogP contribution in [0.5, 0.6) is 0 Å². The number of amides is 1. The number of nitro benzene ring substituents is 1. The van der Waals surface area contributed by atoms with Gasteiger partial charge in [-0.2, -0.15) is 0 Å². The zero-order valence-corrected chi connectivity index (χ0v) is 14.3. The van der Waals surface area contributed by atoms with Crippen molar-refractivity contribution in [3.63, 3.8) is 0 Å². The molecule has 9 nitrogen and oxygen atoms in total. The quantitative estimate of drug-likeness (QED) is 0.499. The van der Waals surface area contributed by atoms with Crippen LogP contribution in [0.25, 0.3) is 0 Å². The molecule has 1 fully saturated rings. The summed E-state index contributed by atoms with van der Waals surface area (Å²) in [5, 5.41) is 10.9. The molecule has 1 aromatic heterocycles. The average molecular weight is 371 g/mol. The smallest absolute Gasteiger partial charge is 0.355 e. The number of benzene rings is 1. The second-order valence-corrected chi connectivity index (χ2v) is 6.44. The first-order chi connectivity index (χ1) is 13.0. The fourth-order valence-electron chi connectivity index (χ4n) is 3.35. The van der Waals surface area contributed by atoms with Gasteiger partial charge in [-0.3, -0.25) is 14.9 Å². The average Bonchev–Trinajstić information content (AvgIpc) is 3.26. The maximum Gasteiger partial charge on any atom is 0.355 e. The number of aromatic amines is 1. The lowest BCUT2D eigenvalue weighted by Crippen LogP contribution is -2.32. The number of nitro groups is 1. The minimum Gasteiger partial charge on any atom is -0.447 e. The van der Waals surface area contributed by atoms with Gasteiger partial charge in [0, 0.05) is 37.2 Å². The number of hydrogen-bond acceptors (Lipinski definition) is 6. The van der Waals surface area contributed by atoms with E-state index < -0.39 is 17.0 Å². The second-order valence-electron chi connectivity index (χ2n) is 6.44. The molecule has 2 aromatic rings. The SMILES string of the molecule is O=C(OC1CCN(c2cccc([N+](=O)[O-])c2)C1=O)c1cc2c([nH]1)CCOC2. The van der Waals surface area contributed by atoms with Crippen LogP contribution in [0.1, 0.15) is 28.2 Å². The highest BCUT2D eigenvalue weighted by Crippen LogP contribution is 2.27. The highest BCUT2D eigenvalue weighted by Gasteiger charge is 2.36. The van der Waals surface area contributed by atoms with E-state index in [0.29, 0.717) is 44.0 Å². The van der Waals surface area contributed by atoms with Gasteiger partial charge in [-0.1, -0.05) is 6.07 Å². The Balaban J connectivity index is 1.46. The predicted molar refractivity (Wildman–Crippen MR) is 93.4 cm³/mol. The van der Waals surface area contributed by atoms with E-state index in [9.17, 15) is 19.7 Å². The lowest BCUT2D eigenvalue weighted by molar-refractivity contribution is -0.384. The van der Waals surface area contributed by atoms with Crippen LogP contribution in [0.3, 0.4) is 0 Å². The number of H-pyrrole nitrogens is 1. The molecule has 4 rings (SSSR count). The lowest BCUT2D eigenvalue weighted by Gasteiger charge is -2.16. The number of rotatable bonds is 4. The number of fused-ring (bicyclic) bond motifs is 1. The van der Waals surface area contributed by atoms with Crippen molar-refractivity contribution in [1.29, 1.82) is 0 Å². The zero-order chi connectivity index (χ0) is 19.0. The predicted octanol–water partition coefficient (Wildman–Crippen LogP) is 1.96. The Hall–Kier alpha value is -3.20. The number of carbonyl (C=O) groups excluding carboxylic acids is 2. The van der Waals surface area contributed by atoms with Crippen molar-refractivity contribution in [2.24, 2.45) is 0 Å². The largest absolute Gasteiger partial charge is 0.447 e. The van der Waals surface area contributed by atoms with E-state index in [1.165, 1.54) is 23.1 Å². The van der Waals surface area contributed by atoms with Crippen molar-refractivity contribution in [3.8, 4) is 0 Å². The first-order valence-corrected chi connectivity index (χ1v) is 8.58. The summed E-state index contributed by atoms with van der Waals surface area (Å²) >= 11 is 0. The monoisotopic (exact) mass is 371 g/mol. The Labute approximate surface area is 154 Å². The van der Waals surface area contributed by atoms with Crippen LogP contribution in [0.4, 0.5) is 11.4 Å². The number of ether oxygens (including phenoxy) is 2. The van der Waals surface area contributed by atoms with Crippen molar-refractivity contribution in [2.75, 3.05) is 18.1 Å². The van der Waals surface area contributed by atoms with Crippen molar-refractivity contribution in [3.05, 3.63) is 57.4 Å². The molecule has 1 saturated heterocycles. The number of nitrogens with one attached hydrogen (secondary N) is 1. The van der Waals surface area contributed by atoms with E-state index in [1.807, 2.05) is 0 Å². The number of hydrogen-bond donors (Lipinski definition) is 1. The van der Waals surface area contributed by atoms with Gasteiger partial charge in [0.05, 0.1) is 23.8 Å². The summed E-state index contributed by atoms with van der Waals surface area (Å²) in [6.07, 6.45) is 0.121. The maximum atomic E-state index is 12.6. The summed E-state index contributed by atoms with van der Waals surface area (Å²) in [5.74, 6) is -0.979. The minimum absolute atomic E-state index is 0.0973. The summed E-state index contributed by atoms with van der Waals surface area (Å²) in [4.78, 5) is 39.8. The van der Waals surface area contributed by atoms with E-state index in [2.05, 4.69) is 4.98 Å². The molecule has 1 amide bonds. The number of aromatic nitrogens is 1. The second kappa shape index (κ2) is 6.84. The molecule has 0 saturated carbocycles. The van der Waals surface area contributed by atoms with Crippen LogP contribution >= 0.6 is 0 Å². The molecule has 2 aliphatic rings. The molecule has 27 heavy (non-hydrogen) atoms. The third kappa shape index (κ3) is 3.28. The third-order valence-electron chi connectivity index (χ3n) is 4.72. The molecule has 3 heterocycles. The van der Waals surface area contributed by atoms with E-state index in [1.54, 1.807) is 12.1 Å². The maximum absolute atomic E-state index is 12.6. The summed E-state index contributed by atoms with van der Waals surface area (Å²) in [6.45, 7) is 1.37. The number of nitrogens with zero attached hydrogens (tertiary/aromatic N) is 2. The number of non-ortho nitro benzene ring substituents is 1. The molecule has 0 aliphatic carbocycles. The first kappa shape index (κ1) is 17.2. The minimum atomic E-state index is -0.909. The first-order valence-electron chi connectivity index (χ1n) is 8.58. The Bertz CT molecular complexity index is 898. The molecule has 1 aromatic carbocycles. The van der Waals surface area contributed by atoms with Gasteiger partial charge in [-0.25, -0.2) is 4.79 Å². The summed E-state index contributed by atoms with van der Waals surface area (Å²) in [7, 11) is 0. The summed E-state index contributed by atoms with van der Waals surface area (Å²) < 4.78 is 10.7. The molecule has 1 atom stereocenters. The summed E-state index contributed by atoms with van der Waals surface area (Å²) in [6, 6.07) is 7.52. The van der Waals surface area contributed by atoms with Crippen molar-refractivity contribution >= 4 is 23.3 Å². The van der Waals surface area contributed by atoms with Crippen LogP contribution in [-0.4, -0.2) is 41.0 Å². The Morgan fingerprint density at radius 2 is 2.22 bits per heavy atom. The van der Waals surface area contributed by atoms with Gasteiger partial charge in [0.15, 0.2) is 6.10 Å². The molecule has 9 heteroatoms. The van der Waals surface area contributed by atoms with Crippen LogP contribution in [-0.2, 0) is 27.3 Å². The fourth-order valence-corrected chi connectivity index (χ4v) is 3.35. The number of anilines is 1. The fraction of sp³-hybridized carbons (Fsp3) is 0.333. The van der Waals surface area contributed by atoms with Crippen LogP contribution < -0.4 is 4.90 Å². The molecule has 0 bridgehead atoms. The Morgan fingerprint density at radius 1 is 1.37 bits per heavy atom. The van der Waals surface area contributed by atoms with Crippen LogP contribution in [0, 0.1) is 10.1 Å². The highest BCUT2D eigenvalue weighted by molar-refractivity contribution is 6.01. The van der Waals surface area contributed by atoms with E-state index in [4.69, 9.17) is 9.47 Å². The molecule has 0 spiro atoms. The van der Waals surface area contributed by atoms with Gasteiger partial charge >= 0.3 is 5.97 Å².